The number of furan rings is 1. The fraction of sp³-hybridized carbons (Fsp3) is 0.211. The van der Waals surface area contributed by atoms with Crippen LogP contribution in [0.25, 0.3) is 22.3 Å². The summed E-state index contributed by atoms with van der Waals surface area (Å²) in [4.78, 5) is 35.7. The molecule has 2 aromatic heterocycles. The molecule has 7 heteroatoms. The average Bonchev–Trinajstić information content (AvgIpc) is 2.93. The molecule has 0 unspecified atom stereocenters. The Hall–Kier alpha value is -3.35. The van der Waals surface area contributed by atoms with Crippen LogP contribution in [0.3, 0.4) is 0 Å². The smallest absolute Gasteiger partial charge is 0.326 e. The van der Waals surface area contributed by atoms with Crippen LogP contribution in [0.5, 0.6) is 0 Å². The first-order valence-corrected chi connectivity index (χ1v) is 7.98. The minimum Gasteiger partial charge on any atom is -0.481 e. The molecule has 1 aromatic carbocycles. The van der Waals surface area contributed by atoms with Crippen molar-refractivity contribution in [3.8, 4) is 11.3 Å². The zero-order valence-corrected chi connectivity index (χ0v) is 14.2. The number of carboxylic acids is 2. The minimum atomic E-state index is -1.15. The molecule has 0 bridgehead atoms. The molecule has 0 saturated carbocycles. The molecule has 1 atom stereocenters. The first kappa shape index (κ1) is 17.5. The molecule has 3 rings (SSSR count). The van der Waals surface area contributed by atoms with Gasteiger partial charge in [0.1, 0.15) is 17.4 Å². The molecule has 0 fully saturated rings. The molecule has 0 saturated heterocycles. The van der Waals surface area contributed by atoms with Gasteiger partial charge in [-0.1, -0.05) is 30.3 Å². The van der Waals surface area contributed by atoms with E-state index in [2.05, 4.69) is 0 Å². The lowest BCUT2D eigenvalue weighted by Gasteiger charge is -2.14. The monoisotopic (exact) mass is 355 g/mol. The number of carboxylic acid groups (broad SMARTS) is 2. The van der Waals surface area contributed by atoms with Crippen molar-refractivity contribution in [2.24, 2.45) is 0 Å². The minimum absolute atomic E-state index is 0.102. The van der Waals surface area contributed by atoms with Gasteiger partial charge in [-0.25, -0.2) is 4.79 Å². The quantitative estimate of drug-likeness (QED) is 0.728. The predicted molar refractivity (Wildman–Crippen MR) is 94.3 cm³/mol. The van der Waals surface area contributed by atoms with Crippen molar-refractivity contribution in [1.29, 1.82) is 0 Å². The lowest BCUT2D eigenvalue weighted by molar-refractivity contribution is -0.140. The molecular formula is C19H17NO6. The van der Waals surface area contributed by atoms with E-state index in [1.807, 2.05) is 6.07 Å². The van der Waals surface area contributed by atoms with Gasteiger partial charge in [-0.15, -0.1) is 0 Å². The first-order valence-electron chi connectivity index (χ1n) is 7.98. The Morgan fingerprint density at radius 2 is 1.85 bits per heavy atom. The number of aromatic nitrogens is 1. The van der Waals surface area contributed by atoms with Gasteiger partial charge < -0.3 is 14.6 Å². The largest absolute Gasteiger partial charge is 0.481 e. The standard InChI is InChI=1S/C19H17NO6/c1-10-8-14-16(18(23)20(10)11(2)19(24)25)13(9-15(21)22)17(26-14)12-6-4-3-5-7-12/h3-8,11H,9H2,1-2H3,(H,21,22)(H,24,25)/t11-/m0/s1. The van der Waals surface area contributed by atoms with Gasteiger partial charge in [-0.3, -0.25) is 14.2 Å². The maximum Gasteiger partial charge on any atom is 0.326 e. The molecule has 3 aromatic rings. The Kier molecular flexibility index (Phi) is 4.38. The summed E-state index contributed by atoms with van der Waals surface area (Å²) in [5.41, 5.74) is 0.992. The highest BCUT2D eigenvalue weighted by atomic mass is 16.4. The molecular weight excluding hydrogens is 338 g/mol. The van der Waals surface area contributed by atoms with Crippen molar-refractivity contribution in [3.63, 3.8) is 0 Å². The average molecular weight is 355 g/mol. The Bertz CT molecular complexity index is 1060. The fourth-order valence-corrected chi connectivity index (χ4v) is 3.10. The molecule has 26 heavy (non-hydrogen) atoms. The Morgan fingerprint density at radius 1 is 1.19 bits per heavy atom. The van der Waals surface area contributed by atoms with Crippen molar-refractivity contribution in [3.05, 3.63) is 58.0 Å². The SMILES string of the molecule is Cc1cc2oc(-c3ccccc3)c(CC(=O)O)c2c(=O)n1[C@@H](C)C(=O)O. The fourth-order valence-electron chi connectivity index (χ4n) is 3.10. The molecule has 0 radical (unpaired) electrons. The van der Waals surface area contributed by atoms with Gasteiger partial charge in [0.15, 0.2) is 0 Å². The number of fused-ring (bicyclic) bond motifs is 1. The van der Waals surface area contributed by atoms with Crippen molar-refractivity contribution >= 4 is 22.9 Å². The maximum absolute atomic E-state index is 13.0. The van der Waals surface area contributed by atoms with Crippen LogP contribution in [0.15, 0.2) is 45.6 Å². The molecule has 2 N–H and O–H groups in total. The second-order valence-corrected chi connectivity index (χ2v) is 6.06. The molecule has 2 heterocycles. The number of hydrogen-bond acceptors (Lipinski definition) is 4. The summed E-state index contributed by atoms with van der Waals surface area (Å²) in [5, 5.41) is 18.7. The summed E-state index contributed by atoms with van der Waals surface area (Å²) in [5.74, 6) is -1.95. The Balaban J connectivity index is 2.39. The third-order valence-electron chi connectivity index (χ3n) is 4.30. The number of hydrogen-bond donors (Lipinski definition) is 2. The van der Waals surface area contributed by atoms with Gasteiger partial charge in [0.05, 0.1) is 11.8 Å². The number of rotatable bonds is 5. The second kappa shape index (κ2) is 6.51. The molecule has 0 aliphatic rings. The number of pyridine rings is 1. The van der Waals surface area contributed by atoms with Crippen molar-refractivity contribution in [1.82, 2.24) is 4.57 Å². The number of benzene rings is 1. The van der Waals surface area contributed by atoms with Gasteiger partial charge in [-0.2, -0.15) is 0 Å². The first-order chi connectivity index (χ1) is 12.3. The van der Waals surface area contributed by atoms with E-state index < -0.39 is 30.0 Å². The van der Waals surface area contributed by atoms with Crippen LogP contribution >= 0.6 is 0 Å². The molecule has 0 spiro atoms. The van der Waals surface area contributed by atoms with Gasteiger partial charge in [0.25, 0.3) is 5.56 Å². The second-order valence-electron chi connectivity index (χ2n) is 6.06. The van der Waals surface area contributed by atoms with Crippen LogP contribution in [-0.4, -0.2) is 26.7 Å². The highest BCUT2D eigenvalue weighted by Gasteiger charge is 2.25. The summed E-state index contributed by atoms with van der Waals surface area (Å²) in [6.45, 7) is 3.01. The van der Waals surface area contributed by atoms with Gasteiger partial charge >= 0.3 is 11.9 Å². The van der Waals surface area contributed by atoms with Crippen molar-refractivity contribution < 1.29 is 24.2 Å². The molecule has 7 nitrogen and oxygen atoms in total. The molecule has 134 valence electrons. The Labute approximate surface area is 148 Å². The predicted octanol–water partition coefficient (Wildman–Crippen LogP) is 2.84. The molecule has 0 aliphatic carbocycles. The van der Waals surface area contributed by atoms with Crippen LogP contribution in [-0.2, 0) is 16.0 Å². The lowest BCUT2D eigenvalue weighted by Crippen LogP contribution is -2.30. The van der Waals surface area contributed by atoms with Crippen LogP contribution in [0, 0.1) is 6.92 Å². The lowest BCUT2D eigenvalue weighted by atomic mass is 10.0. The van der Waals surface area contributed by atoms with Crippen LogP contribution < -0.4 is 5.56 Å². The number of aliphatic carboxylic acids is 2. The van der Waals surface area contributed by atoms with E-state index >= 15 is 0 Å². The van der Waals surface area contributed by atoms with Gasteiger partial charge in [0.2, 0.25) is 0 Å². The Morgan fingerprint density at radius 3 is 2.42 bits per heavy atom. The number of carbonyl (C=O) groups is 2. The van der Waals surface area contributed by atoms with E-state index in [-0.39, 0.29) is 16.5 Å². The normalized spacial score (nSPS) is 12.2. The van der Waals surface area contributed by atoms with E-state index in [0.717, 1.165) is 4.57 Å². The molecule has 0 amide bonds. The van der Waals surface area contributed by atoms with Crippen LogP contribution in [0.1, 0.15) is 24.2 Å². The summed E-state index contributed by atoms with van der Waals surface area (Å²) >= 11 is 0. The van der Waals surface area contributed by atoms with Crippen molar-refractivity contribution in [2.45, 2.75) is 26.3 Å². The van der Waals surface area contributed by atoms with E-state index in [9.17, 15) is 24.6 Å². The van der Waals surface area contributed by atoms with Crippen molar-refractivity contribution in [2.75, 3.05) is 0 Å². The summed E-state index contributed by atoms with van der Waals surface area (Å²) in [7, 11) is 0. The van der Waals surface area contributed by atoms with Gasteiger partial charge in [-0.05, 0) is 13.8 Å². The number of aryl methyl sites for hydroxylation is 1. The van der Waals surface area contributed by atoms with Crippen LogP contribution in [0.2, 0.25) is 0 Å². The third-order valence-corrected chi connectivity index (χ3v) is 4.30. The van der Waals surface area contributed by atoms with Crippen LogP contribution in [0.4, 0.5) is 0 Å². The summed E-state index contributed by atoms with van der Waals surface area (Å²) in [6, 6.07) is 9.37. The topological polar surface area (TPSA) is 110 Å². The van der Waals surface area contributed by atoms with Gasteiger partial charge in [0, 0.05) is 22.9 Å². The zero-order chi connectivity index (χ0) is 19.0. The summed E-state index contributed by atoms with van der Waals surface area (Å²) < 4.78 is 6.96. The maximum atomic E-state index is 13.0. The third kappa shape index (κ3) is 2.88. The number of nitrogens with zero attached hydrogens (tertiary/aromatic N) is 1. The zero-order valence-electron chi connectivity index (χ0n) is 14.2. The van der Waals surface area contributed by atoms with E-state index in [1.165, 1.54) is 6.92 Å². The summed E-state index contributed by atoms with van der Waals surface area (Å²) in [6.07, 6.45) is -0.406. The van der Waals surface area contributed by atoms with E-state index in [0.29, 0.717) is 17.0 Å². The molecule has 0 aliphatic heterocycles. The van der Waals surface area contributed by atoms with E-state index in [1.54, 1.807) is 37.3 Å². The highest BCUT2D eigenvalue weighted by Crippen LogP contribution is 2.33. The van der Waals surface area contributed by atoms with E-state index in [4.69, 9.17) is 4.42 Å². The highest BCUT2D eigenvalue weighted by molar-refractivity contribution is 5.91.